The van der Waals surface area contributed by atoms with E-state index in [4.69, 9.17) is 30.6 Å². The SMILES string of the molecule is COC(=O)c1c(N2C(=O)[C@H]3[C@@H](ON(c4ccc(Cl)cc4)[C@H]3c3ccc(OC)cc3OC)C2=O)sc2c1CCCC2. The van der Waals surface area contributed by atoms with E-state index in [-0.39, 0.29) is 0 Å². The van der Waals surface area contributed by atoms with Gasteiger partial charge in [-0.2, -0.15) is 0 Å². The number of thiophene rings is 1. The predicted molar refractivity (Wildman–Crippen MR) is 149 cm³/mol. The van der Waals surface area contributed by atoms with Crippen molar-refractivity contribution in [2.45, 2.75) is 37.8 Å². The summed E-state index contributed by atoms with van der Waals surface area (Å²) in [7, 11) is 4.39. The molecule has 2 amide bonds. The highest BCUT2D eigenvalue weighted by atomic mass is 35.5. The van der Waals surface area contributed by atoms with E-state index < -0.39 is 35.8 Å². The van der Waals surface area contributed by atoms with Gasteiger partial charge < -0.3 is 14.2 Å². The van der Waals surface area contributed by atoms with Crippen molar-refractivity contribution >= 4 is 51.4 Å². The van der Waals surface area contributed by atoms with Gasteiger partial charge >= 0.3 is 5.97 Å². The first-order valence-corrected chi connectivity index (χ1v) is 14.1. The molecule has 3 atom stereocenters. The number of hydrogen-bond donors (Lipinski definition) is 0. The number of aryl methyl sites for hydroxylation is 1. The first-order valence-electron chi connectivity index (χ1n) is 12.9. The Bertz CT molecular complexity index is 1500. The number of ether oxygens (including phenoxy) is 3. The number of halogens is 1. The third-order valence-electron chi connectivity index (χ3n) is 7.70. The van der Waals surface area contributed by atoms with Crippen molar-refractivity contribution in [3.63, 3.8) is 0 Å². The Balaban J connectivity index is 1.47. The monoisotopic (exact) mass is 582 g/mol. The summed E-state index contributed by atoms with van der Waals surface area (Å²) in [5, 5.41) is 2.42. The smallest absolute Gasteiger partial charge is 0.341 e. The van der Waals surface area contributed by atoms with Crippen molar-refractivity contribution in [3.8, 4) is 11.5 Å². The Kier molecular flexibility index (Phi) is 6.93. The lowest BCUT2D eigenvalue weighted by Gasteiger charge is -2.29. The highest BCUT2D eigenvalue weighted by molar-refractivity contribution is 7.17. The Morgan fingerprint density at radius 1 is 1.00 bits per heavy atom. The van der Waals surface area contributed by atoms with Gasteiger partial charge in [-0.15, -0.1) is 11.3 Å². The number of carbonyl (C=O) groups is 3. The maximum absolute atomic E-state index is 14.3. The minimum Gasteiger partial charge on any atom is -0.497 e. The molecule has 2 aliphatic heterocycles. The predicted octanol–water partition coefficient (Wildman–Crippen LogP) is 5.14. The molecule has 11 heteroatoms. The van der Waals surface area contributed by atoms with E-state index in [0.29, 0.717) is 44.8 Å². The summed E-state index contributed by atoms with van der Waals surface area (Å²) in [6, 6.07) is 11.5. The molecule has 6 rings (SSSR count). The van der Waals surface area contributed by atoms with Crippen LogP contribution >= 0.6 is 22.9 Å². The minimum atomic E-state index is -1.11. The average molecular weight is 583 g/mol. The van der Waals surface area contributed by atoms with Gasteiger partial charge in [0.25, 0.3) is 5.91 Å². The zero-order valence-corrected chi connectivity index (χ0v) is 23.7. The van der Waals surface area contributed by atoms with E-state index in [1.54, 1.807) is 54.6 Å². The zero-order chi connectivity index (χ0) is 28.1. The number of amides is 2. The van der Waals surface area contributed by atoms with Crippen LogP contribution in [0, 0.1) is 5.92 Å². The first kappa shape index (κ1) is 26.6. The van der Waals surface area contributed by atoms with Crippen LogP contribution in [0.5, 0.6) is 11.5 Å². The number of hydrogen-bond acceptors (Lipinski definition) is 9. The number of benzene rings is 2. The molecule has 1 aromatic heterocycles. The van der Waals surface area contributed by atoms with Gasteiger partial charge in [0, 0.05) is 21.5 Å². The number of carbonyl (C=O) groups excluding carboxylic acids is 3. The summed E-state index contributed by atoms with van der Waals surface area (Å²) < 4.78 is 16.2. The van der Waals surface area contributed by atoms with Gasteiger partial charge in [0.2, 0.25) is 5.91 Å². The third kappa shape index (κ3) is 4.13. The van der Waals surface area contributed by atoms with Gasteiger partial charge in [0.05, 0.1) is 38.6 Å². The summed E-state index contributed by atoms with van der Waals surface area (Å²) >= 11 is 7.45. The van der Waals surface area contributed by atoms with Gasteiger partial charge in [-0.3, -0.25) is 14.4 Å². The second kappa shape index (κ2) is 10.4. The van der Waals surface area contributed by atoms with Crippen LogP contribution in [-0.4, -0.2) is 45.2 Å². The minimum absolute atomic E-state index is 0.303. The Hall–Kier alpha value is -3.60. The molecule has 0 saturated carbocycles. The van der Waals surface area contributed by atoms with Crippen LogP contribution in [0.25, 0.3) is 0 Å². The van der Waals surface area contributed by atoms with Crippen LogP contribution in [0.3, 0.4) is 0 Å². The van der Waals surface area contributed by atoms with Crippen molar-refractivity contribution in [1.29, 1.82) is 0 Å². The van der Waals surface area contributed by atoms with Gasteiger partial charge in [0.1, 0.15) is 22.4 Å². The summed E-state index contributed by atoms with van der Waals surface area (Å²) in [6.45, 7) is 0. The number of nitrogens with zero attached hydrogens (tertiary/aromatic N) is 2. The molecule has 3 aromatic rings. The molecule has 3 aliphatic rings. The molecule has 0 spiro atoms. The van der Waals surface area contributed by atoms with E-state index in [9.17, 15) is 14.4 Å². The molecule has 2 aromatic carbocycles. The Morgan fingerprint density at radius 2 is 1.75 bits per heavy atom. The second-order valence-corrected chi connectivity index (χ2v) is 11.3. The molecule has 1 aliphatic carbocycles. The quantitative estimate of drug-likeness (QED) is 0.291. The lowest BCUT2D eigenvalue weighted by atomic mass is 9.90. The van der Waals surface area contributed by atoms with Crippen LogP contribution in [0.15, 0.2) is 42.5 Å². The lowest BCUT2D eigenvalue weighted by molar-refractivity contribution is -0.126. The number of anilines is 2. The van der Waals surface area contributed by atoms with Gasteiger partial charge in [0.15, 0.2) is 6.10 Å². The molecule has 40 heavy (non-hydrogen) atoms. The fourth-order valence-electron chi connectivity index (χ4n) is 5.83. The van der Waals surface area contributed by atoms with Crippen LogP contribution < -0.4 is 19.4 Å². The maximum Gasteiger partial charge on any atom is 0.341 e. The summed E-state index contributed by atoms with van der Waals surface area (Å²) in [5.41, 5.74) is 2.44. The molecule has 0 N–H and O–H groups in total. The second-order valence-electron chi connectivity index (χ2n) is 9.80. The van der Waals surface area contributed by atoms with Crippen molar-refractivity contribution in [1.82, 2.24) is 0 Å². The molecule has 0 unspecified atom stereocenters. The fraction of sp³-hybridized carbons (Fsp3) is 0.345. The molecule has 208 valence electrons. The molecule has 2 fully saturated rings. The largest absolute Gasteiger partial charge is 0.497 e. The van der Waals surface area contributed by atoms with E-state index in [2.05, 4.69) is 0 Å². The van der Waals surface area contributed by atoms with E-state index in [0.717, 1.165) is 34.6 Å². The number of imide groups is 1. The fourth-order valence-corrected chi connectivity index (χ4v) is 7.34. The van der Waals surface area contributed by atoms with Crippen LogP contribution in [-0.2, 0) is 32.0 Å². The zero-order valence-electron chi connectivity index (χ0n) is 22.1. The third-order valence-corrected chi connectivity index (χ3v) is 9.23. The van der Waals surface area contributed by atoms with Gasteiger partial charge in [-0.25, -0.2) is 14.8 Å². The highest BCUT2D eigenvalue weighted by Gasteiger charge is 2.61. The standard InChI is InChI=1S/C29H27ClN2O7S/c1-36-17-12-13-18(20(14-17)37-2)24-23-25(39-32(24)16-10-8-15(30)9-11-16)27(34)31(26(23)33)28-22(29(35)38-3)19-6-4-5-7-21(19)40-28/h8-14,23-25H,4-7H2,1-3H3/t23-,24+,25-/m1/s1. The van der Waals surface area contributed by atoms with Crippen LogP contribution in [0.4, 0.5) is 10.7 Å². The molecule has 3 heterocycles. The molecular weight excluding hydrogens is 556 g/mol. The first-order chi connectivity index (χ1) is 19.4. The van der Waals surface area contributed by atoms with E-state index >= 15 is 0 Å². The topological polar surface area (TPSA) is 94.6 Å². The molecule has 9 nitrogen and oxygen atoms in total. The molecular formula is C29H27ClN2O7S. The van der Waals surface area contributed by atoms with Crippen LogP contribution in [0.2, 0.25) is 5.02 Å². The summed E-state index contributed by atoms with van der Waals surface area (Å²) in [4.78, 5) is 49.6. The number of rotatable bonds is 6. The Labute approximate surface area is 240 Å². The Morgan fingerprint density at radius 3 is 2.45 bits per heavy atom. The average Bonchev–Trinajstić information content (AvgIpc) is 3.62. The maximum atomic E-state index is 14.3. The van der Waals surface area contributed by atoms with Crippen molar-refractivity contribution in [3.05, 3.63) is 69.1 Å². The van der Waals surface area contributed by atoms with Gasteiger partial charge in [-0.1, -0.05) is 11.6 Å². The number of hydroxylamine groups is 1. The van der Waals surface area contributed by atoms with Crippen molar-refractivity contribution in [2.24, 2.45) is 5.92 Å². The summed E-state index contributed by atoms with van der Waals surface area (Å²) in [5.74, 6) is -1.37. The normalized spacial score (nSPS) is 21.9. The number of esters is 1. The lowest BCUT2D eigenvalue weighted by Crippen LogP contribution is -2.37. The van der Waals surface area contributed by atoms with Crippen molar-refractivity contribution in [2.75, 3.05) is 31.3 Å². The molecule has 2 saturated heterocycles. The number of methoxy groups -OCH3 is 3. The highest BCUT2D eigenvalue weighted by Crippen LogP contribution is 2.52. The van der Waals surface area contributed by atoms with Gasteiger partial charge in [-0.05, 0) is 67.6 Å². The van der Waals surface area contributed by atoms with Crippen molar-refractivity contribution < 1.29 is 33.4 Å². The summed E-state index contributed by atoms with van der Waals surface area (Å²) in [6.07, 6.45) is 2.30. The molecule has 0 radical (unpaired) electrons. The number of fused-ring (bicyclic) bond motifs is 2. The van der Waals surface area contributed by atoms with Crippen LogP contribution in [0.1, 0.15) is 45.2 Å². The molecule has 0 bridgehead atoms. The van der Waals surface area contributed by atoms with E-state index in [1.807, 2.05) is 0 Å². The van der Waals surface area contributed by atoms with E-state index in [1.165, 1.54) is 25.6 Å².